The van der Waals surface area contributed by atoms with Gasteiger partial charge in [0.25, 0.3) is 15.9 Å². The number of rotatable bonds is 6. The van der Waals surface area contributed by atoms with Crippen molar-refractivity contribution < 1.29 is 30.8 Å². The number of carbonyl (C=O) groups excluding carboxylic acids is 1. The molecule has 3 rings (SSSR count). The molecule has 0 radical (unpaired) electrons. The van der Waals surface area contributed by atoms with Crippen molar-refractivity contribution in [3.8, 4) is 11.3 Å². The number of anilines is 1. The van der Waals surface area contributed by atoms with Crippen molar-refractivity contribution in [2.75, 3.05) is 11.3 Å². The number of nitrogens with one attached hydrogen (secondary N) is 2. The molecule has 1 heterocycles. The first-order chi connectivity index (χ1) is 14.0. The van der Waals surface area contributed by atoms with Crippen molar-refractivity contribution >= 4 is 32.4 Å². The summed E-state index contributed by atoms with van der Waals surface area (Å²) in [6.45, 7) is -1.49. The van der Waals surface area contributed by atoms with Gasteiger partial charge in [-0.3, -0.25) is 9.52 Å². The summed E-state index contributed by atoms with van der Waals surface area (Å²) >= 11 is 1.02. The number of hydrogen-bond acceptors (Lipinski definition) is 5. The van der Waals surface area contributed by atoms with Gasteiger partial charge in [0.05, 0.1) is 10.6 Å². The number of halogens is 4. The van der Waals surface area contributed by atoms with E-state index < -0.39 is 34.5 Å². The van der Waals surface area contributed by atoms with Gasteiger partial charge >= 0.3 is 6.18 Å². The normalized spacial score (nSPS) is 11.9. The molecule has 0 aliphatic carbocycles. The van der Waals surface area contributed by atoms with Crippen LogP contribution in [0.2, 0.25) is 0 Å². The minimum Gasteiger partial charge on any atom is -0.343 e. The summed E-state index contributed by atoms with van der Waals surface area (Å²) < 4.78 is 76.8. The lowest BCUT2D eigenvalue weighted by molar-refractivity contribution is -0.123. The third-order valence-electron chi connectivity index (χ3n) is 3.74. The number of carbonyl (C=O) groups is 1. The zero-order valence-electron chi connectivity index (χ0n) is 14.9. The van der Waals surface area contributed by atoms with Crippen LogP contribution in [-0.4, -0.2) is 32.0 Å². The van der Waals surface area contributed by atoms with Crippen molar-refractivity contribution in [1.29, 1.82) is 0 Å². The molecule has 0 bridgehead atoms. The van der Waals surface area contributed by atoms with Crippen LogP contribution in [0.15, 0.2) is 58.8 Å². The molecule has 0 saturated carbocycles. The molecule has 0 aliphatic rings. The van der Waals surface area contributed by atoms with Gasteiger partial charge in [0.2, 0.25) is 0 Å². The second-order valence-electron chi connectivity index (χ2n) is 5.97. The molecule has 6 nitrogen and oxygen atoms in total. The molecule has 0 spiro atoms. The van der Waals surface area contributed by atoms with Gasteiger partial charge < -0.3 is 5.32 Å². The number of amides is 1. The van der Waals surface area contributed by atoms with Crippen LogP contribution in [0, 0.1) is 5.82 Å². The summed E-state index contributed by atoms with van der Waals surface area (Å²) in [5.41, 5.74) is 0.938. The zero-order valence-corrected chi connectivity index (χ0v) is 16.5. The van der Waals surface area contributed by atoms with Crippen LogP contribution in [0.5, 0.6) is 0 Å². The monoisotopic (exact) mass is 459 g/mol. The quantitative estimate of drug-likeness (QED) is 0.545. The number of hydrogen-bond donors (Lipinski definition) is 2. The molecule has 12 heteroatoms. The lowest BCUT2D eigenvalue weighted by Crippen LogP contribution is -2.33. The second-order valence-corrected chi connectivity index (χ2v) is 8.51. The van der Waals surface area contributed by atoms with Crippen LogP contribution in [0.25, 0.3) is 11.3 Å². The number of thiazole rings is 1. The van der Waals surface area contributed by atoms with Crippen LogP contribution < -0.4 is 10.0 Å². The molecule has 1 aromatic heterocycles. The van der Waals surface area contributed by atoms with E-state index in [9.17, 15) is 30.8 Å². The predicted molar refractivity (Wildman–Crippen MR) is 103 cm³/mol. The van der Waals surface area contributed by atoms with E-state index >= 15 is 0 Å². The average Bonchev–Trinajstić information content (AvgIpc) is 3.14. The summed E-state index contributed by atoms with van der Waals surface area (Å²) in [6, 6.07) is 9.92. The van der Waals surface area contributed by atoms with E-state index in [4.69, 9.17) is 0 Å². The highest BCUT2D eigenvalue weighted by molar-refractivity contribution is 7.93. The molecule has 30 heavy (non-hydrogen) atoms. The molecule has 2 aromatic carbocycles. The van der Waals surface area contributed by atoms with Gasteiger partial charge in [-0.15, -0.1) is 11.3 Å². The highest BCUT2D eigenvalue weighted by Gasteiger charge is 2.28. The molecule has 0 atom stereocenters. The average molecular weight is 459 g/mol. The van der Waals surface area contributed by atoms with Crippen LogP contribution in [0.4, 0.5) is 22.7 Å². The van der Waals surface area contributed by atoms with Gasteiger partial charge in [-0.05, 0) is 48.5 Å². The lowest BCUT2D eigenvalue weighted by atomic mass is 10.2. The van der Waals surface area contributed by atoms with Crippen molar-refractivity contribution in [3.63, 3.8) is 0 Å². The van der Waals surface area contributed by atoms with E-state index in [0.717, 1.165) is 35.6 Å². The number of nitrogens with zero attached hydrogens (tertiary/aromatic N) is 1. The molecule has 3 aromatic rings. The fourth-order valence-corrected chi connectivity index (χ4v) is 4.29. The van der Waals surface area contributed by atoms with Gasteiger partial charge in [0, 0.05) is 16.5 Å². The van der Waals surface area contributed by atoms with E-state index in [1.54, 1.807) is 10.7 Å². The molecule has 158 valence electrons. The van der Waals surface area contributed by atoms with E-state index in [1.165, 1.54) is 24.3 Å². The Morgan fingerprint density at radius 2 is 1.67 bits per heavy atom. The standard InChI is InChI=1S/C18H13F4N3O3S2/c19-13-5-1-11(2-6-13)15-9-29-17(24-15)25-30(27,28)14-7-3-12(4-8-14)16(26)23-10-18(20,21)22/h1-9H,10H2,(H,23,26)(H,24,25). The second kappa shape index (κ2) is 8.40. The molecular weight excluding hydrogens is 446 g/mol. The van der Waals surface area contributed by atoms with Crippen molar-refractivity contribution in [3.05, 3.63) is 65.3 Å². The maximum Gasteiger partial charge on any atom is 0.405 e. The summed E-state index contributed by atoms with van der Waals surface area (Å²) in [5.74, 6) is -1.39. The molecule has 1 amide bonds. The van der Waals surface area contributed by atoms with E-state index in [-0.39, 0.29) is 15.6 Å². The lowest BCUT2D eigenvalue weighted by Gasteiger charge is -2.09. The van der Waals surface area contributed by atoms with Crippen LogP contribution in [0.1, 0.15) is 10.4 Å². The van der Waals surface area contributed by atoms with Crippen molar-refractivity contribution in [2.45, 2.75) is 11.1 Å². The zero-order chi connectivity index (χ0) is 21.9. The van der Waals surface area contributed by atoms with Gasteiger partial charge in [-0.2, -0.15) is 13.2 Å². The summed E-state index contributed by atoms with van der Waals surface area (Å²) in [6.07, 6.45) is -4.55. The molecule has 0 unspecified atom stereocenters. The number of sulfonamides is 1. The summed E-state index contributed by atoms with van der Waals surface area (Å²) in [4.78, 5) is 15.6. The van der Waals surface area contributed by atoms with Gasteiger partial charge in [0.15, 0.2) is 5.13 Å². The number of aromatic nitrogens is 1. The summed E-state index contributed by atoms with van der Waals surface area (Å²) in [7, 11) is -4.04. The van der Waals surface area contributed by atoms with E-state index in [2.05, 4.69) is 9.71 Å². The Balaban J connectivity index is 1.70. The highest BCUT2D eigenvalue weighted by atomic mass is 32.2. The molecule has 0 fully saturated rings. The van der Waals surface area contributed by atoms with Crippen LogP contribution >= 0.6 is 11.3 Å². The maximum atomic E-state index is 13.0. The largest absolute Gasteiger partial charge is 0.405 e. The molecular formula is C18H13F4N3O3S2. The van der Waals surface area contributed by atoms with Crippen LogP contribution in [-0.2, 0) is 10.0 Å². The number of alkyl halides is 3. The predicted octanol–water partition coefficient (Wildman–Crippen LogP) is 4.04. The SMILES string of the molecule is O=C(NCC(F)(F)F)c1ccc(S(=O)(=O)Nc2nc(-c3ccc(F)cc3)cs2)cc1. The Bertz CT molecular complexity index is 1140. The maximum absolute atomic E-state index is 13.0. The van der Waals surface area contributed by atoms with Gasteiger partial charge in [-0.1, -0.05) is 0 Å². The van der Waals surface area contributed by atoms with Crippen LogP contribution in [0.3, 0.4) is 0 Å². The van der Waals surface area contributed by atoms with Crippen molar-refractivity contribution in [1.82, 2.24) is 10.3 Å². The Morgan fingerprint density at radius 3 is 2.27 bits per heavy atom. The third-order valence-corrected chi connectivity index (χ3v) is 5.98. The van der Waals surface area contributed by atoms with E-state index in [1.807, 2.05) is 0 Å². The Hall–Kier alpha value is -2.99. The smallest absolute Gasteiger partial charge is 0.343 e. The van der Waals surface area contributed by atoms with Gasteiger partial charge in [-0.25, -0.2) is 17.8 Å². The molecule has 2 N–H and O–H groups in total. The minimum atomic E-state index is -4.55. The molecule has 0 saturated heterocycles. The first kappa shape index (κ1) is 21.7. The third kappa shape index (κ3) is 5.54. The fraction of sp³-hybridized carbons (Fsp3) is 0.111. The Labute approximate surface area is 172 Å². The van der Waals surface area contributed by atoms with E-state index in [0.29, 0.717) is 11.3 Å². The Morgan fingerprint density at radius 1 is 1.03 bits per heavy atom. The topological polar surface area (TPSA) is 88.2 Å². The highest BCUT2D eigenvalue weighted by Crippen LogP contribution is 2.27. The Kier molecular flexibility index (Phi) is 6.08. The first-order valence-corrected chi connectivity index (χ1v) is 10.6. The first-order valence-electron chi connectivity index (χ1n) is 8.23. The fourth-order valence-electron chi connectivity index (χ4n) is 2.32. The van der Waals surface area contributed by atoms with Crippen molar-refractivity contribution in [2.24, 2.45) is 0 Å². The summed E-state index contributed by atoms with van der Waals surface area (Å²) in [5, 5.41) is 3.36. The van der Waals surface area contributed by atoms with Gasteiger partial charge in [0.1, 0.15) is 12.4 Å². The number of benzene rings is 2. The molecule has 0 aliphatic heterocycles. The minimum absolute atomic E-state index is 0.0707.